The smallest absolute Gasteiger partial charge is 0.226 e. The minimum Gasteiger partial charge on any atom is -0.391 e. The number of aliphatic imine (C=N–C) groups is 1. The second kappa shape index (κ2) is 13.9. The summed E-state index contributed by atoms with van der Waals surface area (Å²) in [6, 6.07) is 13.0. The zero-order valence-corrected chi connectivity index (χ0v) is 21.6. The van der Waals surface area contributed by atoms with Crippen molar-refractivity contribution in [1.82, 2.24) is 14.9 Å². The number of hydrogen-bond donors (Lipinski definition) is 4. The van der Waals surface area contributed by atoms with E-state index in [4.69, 9.17) is 20.5 Å². The van der Waals surface area contributed by atoms with Crippen LogP contribution in [0.15, 0.2) is 46.5 Å². The van der Waals surface area contributed by atoms with Crippen molar-refractivity contribution >= 4 is 29.5 Å². The number of nitrogens with zero attached hydrogens (tertiary/aromatic N) is 6. The number of aliphatic hydroxyl groups is 1. The van der Waals surface area contributed by atoms with Crippen LogP contribution in [0.25, 0.3) is 0 Å². The lowest BCUT2D eigenvalue weighted by Crippen LogP contribution is -2.39. The van der Waals surface area contributed by atoms with Crippen molar-refractivity contribution < 1.29 is 9.84 Å². The molecule has 11 heteroatoms. The summed E-state index contributed by atoms with van der Waals surface area (Å²) in [5.41, 5.74) is 1.90. The molecular formula is C26H39N9O2. The summed E-state index contributed by atoms with van der Waals surface area (Å²) in [7, 11) is 0. The number of hydrogen-bond acceptors (Lipinski definition) is 11. The van der Waals surface area contributed by atoms with Crippen LogP contribution >= 0.6 is 0 Å². The van der Waals surface area contributed by atoms with Crippen LogP contribution in [0.3, 0.4) is 0 Å². The molecule has 37 heavy (non-hydrogen) atoms. The van der Waals surface area contributed by atoms with Gasteiger partial charge in [-0.15, -0.1) is 0 Å². The largest absolute Gasteiger partial charge is 0.391 e. The number of benzene rings is 1. The van der Waals surface area contributed by atoms with Gasteiger partial charge < -0.3 is 31.2 Å². The first-order valence-corrected chi connectivity index (χ1v) is 13.0. The maximum atomic E-state index is 9.40. The second-order valence-corrected chi connectivity index (χ2v) is 9.53. The van der Waals surface area contributed by atoms with Crippen molar-refractivity contribution in [2.45, 2.75) is 38.5 Å². The van der Waals surface area contributed by atoms with E-state index in [1.54, 1.807) is 13.1 Å². The van der Waals surface area contributed by atoms with E-state index in [0.717, 1.165) is 57.2 Å². The van der Waals surface area contributed by atoms with E-state index in [2.05, 4.69) is 60.9 Å². The van der Waals surface area contributed by atoms with Crippen LogP contribution in [0.2, 0.25) is 0 Å². The highest BCUT2D eigenvalue weighted by Crippen LogP contribution is 2.22. The first-order chi connectivity index (χ1) is 18.1. The van der Waals surface area contributed by atoms with Crippen molar-refractivity contribution in [2.75, 3.05) is 68.0 Å². The molecule has 0 radical (unpaired) electrons. The van der Waals surface area contributed by atoms with Gasteiger partial charge in [-0.1, -0.05) is 30.3 Å². The van der Waals surface area contributed by atoms with Gasteiger partial charge in [-0.05, 0) is 25.3 Å². The van der Waals surface area contributed by atoms with Crippen LogP contribution in [0.4, 0.5) is 17.6 Å². The first-order valence-electron chi connectivity index (χ1n) is 13.0. The predicted octanol–water partition coefficient (Wildman–Crippen LogP) is 1.57. The number of aliphatic hydroxyl groups excluding tert-OH is 1. The Hall–Kier alpha value is -3.28. The lowest BCUT2D eigenvalue weighted by atomic mass is 10.0. The van der Waals surface area contributed by atoms with Crippen molar-refractivity contribution in [1.29, 1.82) is 0 Å². The number of nitrogens with one attached hydrogen (secondary N) is 2. The van der Waals surface area contributed by atoms with E-state index in [1.807, 2.05) is 6.07 Å². The second-order valence-electron chi connectivity index (χ2n) is 9.53. The fraction of sp³-hybridized carbons (Fsp3) is 0.538. The highest BCUT2D eigenvalue weighted by atomic mass is 16.5. The molecule has 1 aromatic heterocycles. The van der Waals surface area contributed by atoms with Gasteiger partial charge in [0.1, 0.15) is 11.6 Å². The number of rotatable bonds is 11. The van der Waals surface area contributed by atoms with E-state index in [1.165, 1.54) is 5.56 Å². The Kier molecular flexibility index (Phi) is 10.0. The predicted molar refractivity (Wildman–Crippen MR) is 149 cm³/mol. The van der Waals surface area contributed by atoms with Gasteiger partial charge in [-0.25, -0.2) is 0 Å². The molecule has 2 fully saturated rings. The molecule has 11 nitrogen and oxygen atoms in total. The maximum absolute atomic E-state index is 9.40. The quantitative estimate of drug-likeness (QED) is 0.202. The SMILES string of the molecule is CC(O)CN=C/C(CNc1nc(NC2CCN(Cc3ccccc3)CC2)cc(N2CCOCC2)n1)=N\N. The maximum Gasteiger partial charge on any atom is 0.226 e. The monoisotopic (exact) mass is 509 g/mol. The van der Waals surface area contributed by atoms with Gasteiger partial charge in [0.15, 0.2) is 0 Å². The Morgan fingerprint density at radius 2 is 1.95 bits per heavy atom. The van der Waals surface area contributed by atoms with E-state index in [0.29, 0.717) is 44.0 Å². The van der Waals surface area contributed by atoms with Gasteiger partial charge >= 0.3 is 0 Å². The third kappa shape index (κ3) is 8.66. The number of aromatic nitrogens is 2. The first kappa shape index (κ1) is 26.8. The molecule has 2 aliphatic heterocycles. The molecule has 5 N–H and O–H groups in total. The Morgan fingerprint density at radius 1 is 1.19 bits per heavy atom. The topological polar surface area (TPSA) is 137 Å². The Bertz CT molecular complexity index is 1020. The van der Waals surface area contributed by atoms with Crippen LogP contribution in [0.5, 0.6) is 0 Å². The minimum absolute atomic E-state index is 0.292. The average Bonchev–Trinajstić information content (AvgIpc) is 2.92. The molecule has 200 valence electrons. The lowest BCUT2D eigenvalue weighted by Gasteiger charge is -2.33. The zero-order valence-electron chi connectivity index (χ0n) is 21.6. The van der Waals surface area contributed by atoms with Crippen molar-refractivity contribution in [3.05, 3.63) is 42.0 Å². The van der Waals surface area contributed by atoms with Gasteiger partial charge in [0.2, 0.25) is 5.95 Å². The van der Waals surface area contributed by atoms with Gasteiger partial charge in [0.25, 0.3) is 0 Å². The van der Waals surface area contributed by atoms with Gasteiger partial charge in [-0.3, -0.25) is 9.89 Å². The fourth-order valence-corrected chi connectivity index (χ4v) is 4.43. The fourth-order valence-electron chi connectivity index (χ4n) is 4.43. The summed E-state index contributed by atoms with van der Waals surface area (Å²) in [6.45, 7) is 8.30. The third-order valence-corrected chi connectivity index (χ3v) is 6.44. The number of hydrazone groups is 1. The van der Waals surface area contributed by atoms with Crippen LogP contribution in [0, 0.1) is 0 Å². The Morgan fingerprint density at radius 3 is 2.65 bits per heavy atom. The van der Waals surface area contributed by atoms with Gasteiger partial charge in [0, 0.05) is 51.0 Å². The van der Waals surface area contributed by atoms with E-state index in [-0.39, 0.29) is 0 Å². The van der Waals surface area contributed by atoms with E-state index < -0.39 is 6.10 Å². The molecular weight excluding hydrogens is 470 g/mol. The van der Waals surface area contributed by atoms with E-state index in [9.17, 15) is 5.11 Å². The highest BCUT2D eigenvalue weighted by molar-refractivity contribution is 6.32. The summed E-state index contributed by atoms with van der Waals surface area (Å²) >= 11 is 0. The van der Waals surface area contributed by atoms with Crippen LogP contribution in [-0.4, -0.2) is 96.5 Å². The molecule has 2 aliphatic rings. The normalized spacial score (nSPS) is 18.8. The molecule has 4 rings (SSSR count). The number of ether oxygens (including phenoxy) is 1. The molecule has 1 aromatic carbocycles. The zero-order chi connectivity index (χ0) is 25.9. The van der Waals surface area contributed by atoms with Crippen LogP contribution in [0.1, 0.15) is 25.3 Å². The summed E-state index contributed by atoms with van der Waals surface area (Å²) in [6.07, 6.45) is 3.15. The molecule has 2 aromatic rings. The number of nitrogens with two attached hydrogens (primary N) is 1. The Balaban J connectivity index is 1.39. The van der Waals surface area contributed by atoms with E-state index >= 15 is 0 Å². The van der Waals surface area contributed by atoms with Crippen molar-refractivity contribution in [2.24, 2.45) is 15.9 Å². The Labute approximate surface area is 218 Å². The standard InChI is InChI=1S/C26H39N9O2/c1-20(36)16-28-17-23(33-27)18-29-26-31-24(15-25(32-26)35-11-13-37-14-12-35)30-22-7-9-34(10-8-22)19-21-5-3-2-4-6-21/h2-6,15,17,20,22,36H,7-14,16,18-19,27H2,1H3,(H2,29,30,31,32)/b28-17?,33-23+. The van der Waals surface area contributed by atoms with Gasteiger partial charge in [-0.2, -0.15) is 15.1 Å². The number of morpholine rings is 1. The number of piperidine rings is 1. The molecule has 0 bridgehead atoms. The van der Waals surface area contributed by atoms with Crippen molar-refractivity contribution in [3.63, 3.8) is 0 Å². The molecule has 0 spiro atoms. The third-order valence-electron chi connectivity index (χ3n) is 6.44. The number of likely N-dealkylation sites (tertiary alicyclic amines) is 1. The highest BCUT2D eigenvalue weighted by Gasteiger charge is 2.21. The summed E-state index contributed by atoms with van der Waals surface area (Å²) in [5, 5.41) is 20.1. The van der Waals surface area contributed by atoms with Crippen molar-refractivity contribution in [3.8, 4) is 0 Å². The number of anilines is 3. The molecule has 1 unspecified atom stereocenters. The molecule has 0 aliphatic carbocycles. The van der Waals surface area contributed by atoms with Crippen LogP contribution < -0.4 is 21.4 Å². The molecule has 0 saturated carbocycles. The summed E-state index contributed by atoms with van der Waals surface area (Å²) < 4.78 is 5.52. The molecule has 2 saturated heterocycles. The molecule has 3 heterocycles. The lowest BCUT2D eigenvalue weighted by molar-refractivity contribution is 0.122. The van der Waals surface area contributed by atoms with Crippen LogP contribution in [-0.2, 0) is 11.3 Å². The van der Waals surface area contributed by atoms with Gasteiger partial charge in [0.05, 0.1) is 38.1 Å². The average molecular weight is 510 g/mol. The summed E-state index contributed by atoms with van der Waals surface area (Å²) in [4.78, 5) is 18.4. The molecule has 0 amide bonds. The minimum atomic E-state index is -0.518. The summed E-state index contributed by atoms with van der Waals surface area (Å²) in [5.74, 6) is 7.69. The molecule has 1 atom stereocenters.